The van der Waals surface area contributed by atoms with Crippen LogP contribution in [-0.2, 0) is 19.6 Å². The number of rotatable bonds is 3. The van der Waals surface area contributed by atoms with Gasteiger partial charge in [-0.1, -0.05) is 0 Å². The molecule has 1 N–H and O–H groups in total. The Morgan fingerprint density at radius 1 is 1.19 bits per heavy atom. The summed E-state index contributed by atoms with van der Waals surface area (Å²) in [5.41, 5.74) is -0.591. The Balaban J connectivity index is 1.87. The van der Waals surface area contributed by atoms with Crippen LogP contribution in [0, 0.1) is 5.92 Å². The van der Waals surface area contributed by atoms with Gasteiger partial charge in [-0.25, -0.2) is 13.2 Å². The third-order valence-electron chi connectivity index (χ3n) is 3.42. The summed E-state index contributed by atoms with van der Waals surface area (Å²) in [6.07, 6.45) is 1.20. The average Bonchev–Trinajstić information content (AvgIpc) is 3.04. The van der Waals surface area contributed by atoms with E-state index in [2.05, 4.69) is 4.72 Å². The van der Waals surface area contributed by atoms with Crippen molar-refractivity contribution >= 4 is 22.0 Å². The molecule has 8 heteroatoms. The van der Waals surface area contributed by atoms with Gasteiger partial charge in [0.25, 0.3) is 0 Å². The molecule has 2 rings (SSSR count). The van der Waals surface area contributed by atoms with Gasteiger partial charge in [0.1, 0.15) is 5.60 Å². The Kier molecular flexibility index (Phi) is 4.19. The highest BCUT2D eigenvalue weighted by Crippen LogP contribution is 2.28. The summed E-state index contributed by atoms with van der Waals surface area (Å²) in [4.78, 5) is 25.3. The van der Waals surface area contributed by atoms with Crippen LogP contribution in [0.4, 0.5) is 4.79 Å². The first-order valence-electron chi connectivity index (χ1n) is 7.12. The Bertz CT molecular complexity index is 533. The quantitative estimate of drug-likeness (QED) is 0.833. The monoisotopic (exact) mass is 318 g/mol. The summed E-state index contributed by atoms with van der Waals surface area (Å²) in [7, 11) is -3.52. The van der Waals surface area contributed by atoms with Crippen LogP contribution in [0.5, 0.6) is 0 Å². The summed E-state index contributed by atoms with van der Waals surface area (Å²) in [6.45, 7) is 5.91. The molecule has 0 spiro atoms. The van der Waals surface area contributed by atoms with Gasteiger partial charge >= 0.3 is 6.09 Å². The Labute approximate surface area is 125 Å². The van der Waals surface area contributed by atoms with Gasteiger partial charge in [-0.05, 0) is 40.0 Å². The van der Waals surface area contributed by atoms with E-state index < -0.39 is 38.8 Å². The predicted molar refractivity (Wildman–Crippen MR) is 76.0 cm³/mol. The van der Waals surface area contributed by atoms with E-state index in [9.17, 15) is 18.0 Å². The fraction of sp³-hybridized carbons (Fsp3) is 0.846. The third kappa shape index (κ3) is 4.33. The molecule has 1 atom stereocenters. The van der Waals surface area contributed by atoms with Crippen molar-refractivity contribution in [1.82, 2.24) is 9.62 Å². The fourth-order valence-electron chi connectivity index (χ4n) is 2.15. The average molecular weight is 318 g/mol. The smallest absolute Gasteiger partial charge is 0.410 e. The van der Waals surface area contributed by atoms with Gasteiger partial charge in [0.15, 0.2) is 0 Å². The molecule has 1 aliphatic heterocycles. The molecule has 0 aromatic rings. The van der Waals surface area contributed by atoms with Crippen LogP contribution in [0.3, 0.4) is 0 Å². The zero-order chi connectivity index (χ0) is 15.8. The van der Waals surface area contributed by atoms with Crippen LogP contribution in [0.1, 0.15) is 40.0 Å². The largest absolute Gasteiger partial charge is 0.444 e. The third-order valence-corrected chi connectivity index (χ3v) is 5.25. The van der Waals surface area contributed by atoms with Crippen LogP contribution in [0.25, 0.3) is 0 Å². The molecule has 0 radical (unpaired) electrons. The maximum absolute atomic E-state index is 12.0. The first-order valence-corrected chi connectivity index (χ1v) is 8.66. The molecule has 1 saturated carbocycles. The summed E-state index contributed by atoms with van der Waals surface area (Å²) in [6, 6.07) is 0. The van der Waals surface area contributed by atoms with E-state index in [0.717, 1.165) is 0 Å². The number of sulfonamides is 1. The van der Waals surface area contributed by atoms with Crippen molar-refractivity contribution in [3.63, 3.8) is 0 Å². The van der Waals surface area contributed by atoms with E-state index in [4.69, 9.17) is 4.74 Å². The number of hydrogen-bond donors (Lipinski definition) is 1. The SMILES string of the molecule is CC(C)(C)OC(=O)N1CCC(C(=O)NS(=O)(=O)C2CC2)C1. The number of likely N-dealkylation sites (tertiary alicyclic amines) is 1. The topological polar surface area (TPSA) is 92.8 Å². The fourth-order valence-corrected chi connectivity index (χ4v) is 3.52. The highest BCUT2D eigenvalue weighted by Gasteiger charge is 2.40. The number of nitrogens with one attached hydrogen (secondary N) is 1. The van der Waals surface area contributed by atoms with Crippen LogP contribution < -0.4 is 4.72 Å². The van der Waals surface area contributed by atoms with E-state index in [0.29, 0.717) is 25.8 Å². The molecule has 1 unspecified atom stereocenters. The molecule has 1 saturated heterocycles. The summed E-state index contributed by atoms with van der Waals surface area (Å²) in [5, 5.41) is -0.426. The number of ether oxygens (including phenoxy) is 1. The molecule has 1 heterocycles. The Morgan fingerprint density at radius 3 is 2.33 bits per heavy atom. The van der Waals surface area contributed by atoms with Gasteiger partial charge in [0.2, 0.25) is 15.9 Å². The lowest BCUT2D eigenvalue weighted by Gasteiger charge is -2.24. The van der Waals surface area contributed by atoms with Crippen molar-refractivity contribution < 1.29 is 22.7 Å². The van der Waals surface area contributed by atoms with Crippen molar-refractivity contribution in [2.45, 2.75) is 50.9 Å². The minimum atomic E-state index is -3.52. The van der Waals surface area contributed by atoms with Gasteiger partial charge in [0, 0.05) is 13.1 Å². The van der Waals surface area contributed by atoms with Crippen LogP contribution >= 0.6 is 0 Å². The standard InChI is InChI=1S/C13H22N2O5S/c1-13(2,3)20-12(17)15-7-6-9(8-15)11(16)14-21(18,19)10-4-5-10/h9-10H,4-8H2,1-3H3,(H,14,16). The molecular weight excluding hydrogens is 296 g/mol. The molecule has 0 bridgehead atoms. The Hall–Kier alpha value is -1.31. The molecule has 21 heavy (non-hydrogen) atoms. The lowest BCUT2D eigenvalue weighted by molar-refractivity contribution is -0.122. The lowest BCUT2D eigenvalue weighted by Crippen LogP contribution is -2.40. The zero-order valence-electron chi connectivity index (χ0n) is 12.6. The highest BCUT2D eigenvalue weighted by molar-refractivity contribution is 7.90. The first-order chi connectivity index (χ1) is 9.58. The molecule has 2 aliphatic rings. The Morgan fingerprint density at radius 2 is 1.81 bits per heavy atom. The van der Waals surface area contributed by atoms with Crippen molar-refractivity contribution in [1.29, 1.82) is 0 Å². The van der Waals surface area contributed by atoms with E-state index in [1.807, 2.05) is 0 Å². The van der Waals surface area contributed by atoms with E-state index >= 15 is 0 Å². The summed E-state index contributed by atoms with van der Waals surface area (Å²) in [5.74, 6) is -1.01. The molecule has 120 valence electrons. The number of nitrogens with zero attached hydrogens (tertiary/aromatic N) is 1. The molecule has 7 nitrogen and oxygen atoms in total. The molecule has 2 fully saturated rings. The van der Waals surface area contributed by atoms with E-state index in [1.165, 1.54) is 4.90 Å². The first kappa shape index (κ1) is 16.1. The number of carbonyl (C=O) groups excluding carboxylic acids is 2. The number of carbonyl (C=O) groups is 2. The van der Waals surface area contributed by atoms with Gasteiger partial charge in [-0.3, -0.25) is 9.52 Å². The minimum absolute atomic E-state index is 0.195. The second-order valence-corrected chi connectivity index (χ2v) is 8.58. The van der Waals surface area contributed by atoms with Gasteiger partial charge < -0.3 is 9.64 Å². The van der Waals surface area contributed by atoms with Gasteiger partial charge in [-0.2, -0.15) is 0 Å². The number of hydrogen-bond acceptors (Lipinski definition) is 5. The lowest BCUT2D eigenvalue weighted by atomic mass is 10.1. The second kappa shape index (κ2) is 5.47. The van der Waals surface area contributed by atoms with Gasteiger partial charge in [0.05, 0.1) is 11.2 Å². The van der Waals surface area contributed by atoms with Crippen LogP contribution in [0.15, 0.2) is 0 Å². The molecule has 0 aromatic carbocycles. The van der Waals surface area contributed by atoms with Crippen LogP contribution in [0.2, 0.25) is 0 Å². The minimum Gasteiger partial charge on any atom is -0.444 e. The molecule has 0 aromatic heterocycles. The van der Waals surface area contributed by atoms with E-state index in [1.54, 1.807) is 20.8 Å². The van der Waals surface area contributed by atoms with Crippen molar-refractivity contribution in [2.75, 3.05) is 13.1 Å². The second-order valence-electron chi connectivity index (χ2n) is 6.62. The normalized spacial score (nSPS) is 23.0. The van der Waals surface area contributed by atoms with Crippen molar-refractivity contribution in [3.8, 4) is 0 Å². The summed E-state index contributed by atoms with van der Waals surface area (Å²) >= 11 is 0. The van der Waals surface area contributed by atoms with Crippen molar-refractivity contribution in [2.24, 2.45) is 5.92 Å². The maximum Gasteiger partial charge on any atom is 0.410 e. The highest BCUT2D eigenvalue weighted by atomic mass is 32.2. The maximum atomic E-state index is 12.0. The molecule has 1 aliphatic carbocycles. The zero-order valence-corrected chi connectivity index (χ0v) is 13.4. The number of amides is 2. The molecular formula is C13H22N2O5S. The van der Waals surface area contributed by atoms with Gasteiger partial charge in [-0.15, -0.1) is 0 Å². The molecule has 2 amide bonds. The summed E-state index contributed by atoms with van der Waals surface area (Å²) < 4.78 is 30.8. The predicted octanol–water partition coefficient (Wildman–Crippen LogP) is 0.852. The van der Waals surface area contributed by atoms with Crippen LogP contribution in [-0.4, -0.2) is 49.3 Å². The van der Waals surface area contributed by atoms with Crippen molar-refractivity contribution in [3.05, 3.63) is 0 Å². The van der Waals surface area contributed by atoms with E-state index in [-0.39, 0.29) is 6.54 Å².